The third-order valence-electron chi connectivity index (χ3n) is 5.08. The average molecular weight is 381 g/mol. The van der Waals surface area contributed by atoms with Gasteiger partial charge in [-0.1, -0.05) is 12.1 Å². The molecule has 0 saturated carbocycles. The maximum Gasteiger partial charge on any atom is 0.235 e. The molecule has 0 spiro atoms. The number of para-hydroxylation sites is 2. The van der Waals surface area contributed by atoms with E-state index in [0.717, 1.165) is 18.6 Å². The lowest BCUT2D eigenvalue weighted by Gasteiger charge is -2.36. The van der Waals surface area contributed by atoms with Gasteiger partial charge in [-0.3, -0.25) is 9.59 Å². The fourth-order valence-electron chi connectivity index (χ4n) is 3.55. The first-order valence-corrected chi connectivity index (χ1v) is 9.62. The molecule has 0 radical (unpaired) electrons. The average Bonchev–Trinajstić information content (AvgIpc) is 2.67. The van der Waals surface area contributed by atoms with E-state index in [0.29, 0.717) is 37.8 Å². The molecule has 26 heavy (non-hydrogen) atoms. The van der Waals surface area contributed by atoms with Crippen molar-refractivity contribution in [1.82, 2.24) is 10.2 Å². The van der Waals surface area contributed by atoms with E-state index >= 15 is 0 Å². The molecule has 1 aromatic carbocycles. The van der Waals surface area contributed by atoms with Crippen molar-refractivity contribution in [2.24, 2.45) is 5.92 Å². The van der Waals surface area contributed by atoms with Gasteiger partial charge in [0.2, 0.25) is 11.8 Å². The molecule has 2 aliphatic rings. The molecular weight excluding hydrogens is 356 g/mol. The minimum Gasteiger partial charge on any atom is -0.486 e. The van der Waals surface area contributed by atoms with Crippen LogP contribution < -0.4 is 14.8 Å². The Bertz CT molecular complexity index is 646. The summed E-state index contributed by atoms with van der Waals surface area (Å²) >= 11 is 5.54. The molecule has 3 rings (SSSR count). The number of benzene rings is 1. The van der Waals surface area contributed by atoms with Crippen LogP contribution in [0.1, 0.15) is 26.2 Å². The first-order valence-electron chi connectivity index (χ1n) is 9.08. The van der Waals surface area contributed by atoms with E-state index < -0.39 is 0 Å². The summed E-state index contributed by atoms with van der Waals surface area (Å²) in [6, 6.07) is 7.58. The summed E-state index contributed by atoms with van der Waals surface area (Å²) in [5.74, 6) is 1.71. The van der Waals surface area contributed by atoms with Crippen LogP contribution in [0.2, 0.25) is 0 Å². The molecule has 2 unspecified atom stereocenters. The van der Waals surface area contributed by atoms with Gasteiger partial charge in [0, 0.05) is 19.1 Å². The van der Waals surface area contributed by atoms with Crippen molar-refractivity contribution in [3.8, 4) is 11.5 Å². The second kappa shape index (κ2) is 8.62. The van der Waals surface area contributed by atoms with Crippen LogP contribution in [0.3, 0.4) is 0 Å². The Morgan fingerprint density at radius 3 is 2.65 bits per heavy atom. The Hall–Kier alpha value is -1.95. The molecule has 142 valence electrons. The normalized spacial score (nSPS) is 21.2. The van der Waals surface area contributed by atoms with Crippen LogP contribution >= 0.6 is 11.6 Å². The number of amides is 2. The highest BCUT2D eigenvalue weighted by molar-refractivity contribution is 6.27. The van der Waals surface area contributed by atoms with E-state index in [4.69, 9.17) is 21.1 Å². The molecule has 0 aromatic heterocycles. The third kappa shape index (κ3) is 4.61. The minimum absolute atomic E-state index is 0.0196. The van der Waals surface area contributed by atoms with Crippen LogP contribution in [-0.4, -0.2) is 54.4 Å². The van der Waals surface area contributed by atoms with Gasteiger partial charge < -0.3 is 19.7 Å². The fraction of sp³-hybridized carbons (Fsp3) is 0.579. The number of rotatable bonds is 5. The Morgan fingerprint density at radius 1 is 1.27 bits per heavy atom. The minimum atomic E-state index is -0.253. The number of alkyl halides is 1. The highest BCUT2D eigenvalue weighted by Crippen LogP contribution is 2.32. The van der Waals surface area contributed by atoms with Gasteiger partial charge >= 0.3 is 0 Å². The maximum absolute atomic E-state index is 12.6. The molecule has 1 N–H and O–H groups in total. The number of ether oxygens (including phenoxy) is 2. The number of carbonyl (C=O) groups excluding carboxylic acids is 2. The lowest BCUT2D eigenvalue weighted by Crippen LogP contribution is -2.47. The molecule has 7 heteroatoms. The van der Waals surface area contributed by atoms with Gasteiger partial charge in [-0.15, -0.1) is 11.6 Å². The first kappa shape index (κ1) is 18.8. The topological polar surface area (TPSA) is 67.9 Å². The summed E-state index contributed by atoms with van der Waals surface area (Å²) in [5.41, 5.74) is 0. The zero-order chi connectivity index (χ0) is 18.5. The zero-order valence-electron chi connectivity index (χ0n) is 14.9. The van der Waals surface area contributed by atoms with Crippen LogP contribution in [0.5, 0.6) is 11.5 Å². The Labute approximate surface area is 158 Å². The van der Waals surface area contributed by atoms with Crippen molar-refractivity contribution in [3.63, 3.8) is 0 Å². The molecule has 2 heterocycles. The SMILES string of the molecule is CC(NC(=O)CCl)C1CCN(C(=O)CC2COc3ccccc3O2)CC1. The number of nitrogens with zero attached hydrogens (tertiary/aromatic N) is 1. The number of likely N-dealkylation sites (tertiary alicyclic amines) is 1. The highest BCUT2D eigenvalue weighted by Gasteiger charge is 2.30. The molecule has 2 amide bonds. The lowest BCUT2D eigenvalue weighted by atomic mass is 9.90. The Morgan fingerprint density at radius 2 is 1.96 bits per heavy atom. The summed E-state index contributed by atoms with van der Waals surface area (Å²) < 4.78 is 11.6. The van der Waals surface area contributed by atoms with Gasteiger partial charge in [-0.2, -0.15) is 0 Å². The van der Waals surface area contributed by atoms with Crippen LogP contribution in [-0.2, 0) is 9.59 Å². The number of carbonyl (C=O) groups is 2. The molecule has 1 aromatic rings. The van der Waals surface area contributed by atoms with Crippen LogP contribution in [0, 0.1) is 5.92 Å². The van der Waals surface area contributed by atoms with Crippen LogP contribution in [0.4, 0.5) is 0 Å². The predicted octanol–water partition coefficient (Wildman–Crippen LogP) is 2.20. The van der Waals surface area contributed by atoms with Gasteiger partial charge in [0.05, 0.1) is 6.42 Å². The number of hydrogen-bond acceptors (Lipinski definition) is 4. The second-order valence-electron chi connectivity index (χ2n) is 6.91. The molecule has 2 atom stereocenters. The number of halogens is 1. The maximum atomic E-state index is 12.6. The first-order chi connectivity index (χ1) is 12.6. The molecule has 1 fully saturated rings. The van der Waals surface area contributed by atoms with Crippen molar-refractivity contribution in [2.45, 2.75) is 38.3 Å². The Kier molecular flexibility index (Phi) is 6.25. The quantitative estimate of drug-likeness (QED) is 0.795. The predicted molar refractivity (Wildman–Crippen MR) is 98.6 cm³/mol. The Balaban J connectivity index is 1.45. The number of piperidine rings is 1. The molecule has 0 bridgehead atoms. The summed E-state index contributed by atoms with van der Waals surface area (Å²) in [5, 5.41) is 2.91. The largest absolute Gasteiger partial charge is 0.486 e. The van der Waals surface area contributed by atoms with Crippen LogP contribution in [0.15, 0.2) is 24.3 Å². The van der Waals surface area contributed by atoms with Gasteiger partial charge in [0.1, 0.15) is 18.6 Å². The second-order valence-corrected chi connectivity index (χ2v) is 7.18. The fourth-order valence-corrected chi connectivity index (χ4v) is 3.62. The van der Waals surface area contributed by atoms with E-state index in [1.165, 1.54) is 0 Å². The molecule has 6 nitrogen and oxygen atoms in total. The van der Waals surface area contributed by atoms with Crippen LogP contribution in [0.25, 0.3) is 0 Å². The summed E-state index contributed by atoms with van der Waals surface area (Å²) in [4.78, 5) is 25.9. The van der Waals surface area contributed by atoms with E-state index in [2.05, 4.69) is 5.32 Å². The summed E-state index contributed by atoms with van der Waals surface area (Å²) in [6.07, 6.45) is 1.81. The molecule has 1 saturated heterocycles. The number of hydrogen-bond donors (Lipinski definition) is 1. The lowest BCUT2D eigenvalue weighted by molar-refractivity contribution is -0.135. The molecule has 0 aliphatic carbocycles. The van der Waals surface area contributed by atoms with Gasteiger partial charge in [0.15, 0.2) is 11.5 Å². The van der Waals surface area contributed by atoms with E-state index in [-0.39, 0.29) is 29.8 Å². The van der Waals surface area contributed by atoms with Crippen molar-refractivity contribution in [2.75, 3.05) is 25.6 Å². The van der Waals surface area contributed by atoms with Gasteiger partial charge in [0.25, 0.3) is 0 Å². The van der Waals surface area contributed by atoms with E-state index in [1.807, 2.05) is 36.1 Å². The van der Waals surface area contributed by atoms with E-state index in [9.17, 15) is 9.59 Å². The monoisotopic (exact) mass is 380 g/mol. The van der Waals surface area contributed by atoms with Crippen molar-refractivity contribution in [3.05, 3.63) is 24.3 Å². The molecular formula is C19H25ClN2O4. The standard InChI is InChI=1S/C19H25ClN2O4/c1-13(21-18(23)11-20)14-6-8-22(9-7-14)19(24)10-15-12-25-16-4-2-3-5-17(16)26-15/h2-5,13-15H,6-12H2,1H3,(H,21,23). The highest BCUT2D eigenvalue weighted by atomic mass is 35.5. The summed E-state index contributed by atoms with van der Waals surface area (Å²) in [6.45, 7) is 3.79. The summed E-state index contributed by atoms with van der Waals surface area (Å²) in [7, 11) is 0. The smallest absolute Gasteiger partial charge is 0.235 e. The third-order valence-corrected chi connectivity index (χ3v) is 5.32. The van der Waals surface area contributed by atoms with Crippen molar-refractivity contribution in [1.29, 1.82) is 0 Å². The number of nitrogens with one attached hydrogen (secondary N) is 1. The van der Waals surface area contributed by atoms with Crippen molar-refractivity contribution >= 4 is 23.4 Å². The van der Waals surface area contributed by atoms with Gasteiger partial charge in [-0.25, -0.2) is 0 Å². The zero-order valence-corrected chi connectivity index (χ0v) is 15.7. The number of fused-ring (bicyclic) bond motifs is 1. The van der Waals surface area contributed by atoms with Gasteiger partial charge in [-0.05, 0) is 37.8 Å². The molecule has 2 aliphatic heterocycles. The van der Waals surface area contributed by atoms with E-state index in [1.54, 1.807) is 0 Å². The van der Waals surface area contributed by atoms with Crippen molar-refractivity contribution < 1.29 is 19.1 Å².